The van der Waals surface area contributed by atoms with Crippen molar-refractivity contribution in [2.45, 2.75) is 45.2 Å². The van der Waals surface area contributed by atoms with E-state index in [1.54, 1.807) is 7.11 Å². The Morgan fingerprint density at radius 1 is 1.26 bits per heavy atom. The van der Waals surface area contributed by atoms with Gasteiger partial charge < -0.3 is 20.5 Å². The number of methoxy groups -OCH3 is 2. The fourth-order valence-corrected chi connectivity index (χ4v) is 1.69. The number of amides is 1. The molecule has 0 heterocycles. The Kier molecular flexibility index (Phi) is 9.16. The number of rotatable bonds is 9. The molecule has 0 bridgehead atoms. The Balaban J connectivity index is 4.32. The average Bonchev–Trinajstić information content (AvgIpc) is 2.36. The van der Waals surface area contributed by atoms with Crippen molar-refractivity contribution in [1.29, 1.82) is 0 Å². The molecule has 1 amide bonds. The lowest BCUT2D eigenvalue weighted by Crippen LogP contribution is -2.49. The summed E-state index contributed by atoms with van der Waals surface area (Å²) in [7, 11) is 2.90. The maximum absolute atomic E-state index is 11.9. The Bertz CT molecular complexity index is 282. The van der Waals surface area contributed by atoms with Crippen molar-refractivity contribution in [2.24, 2.45) is 11.7 Å². The predicted molar refractivity (Wildman–Crippen MR) is 72.5 cm³/mol. The van der Waals surface area contributed by atoms with Crippen molar-refractivity contribution in [2.75, 3.05) is 20.8 Å². The van der Waals surface area contributed by atoms with E-state index in [4.69, 9.17) is 10.5 Å². The lowest BCUT2D eigenvalue weighted by molar-refractivity contribution is -0.145. The topological polar surface area (TPSA) is 90.6 Å². The summed E-state index contributed by atoms with van der Waals surface area (Å²) >= 11 is 0. The molecule has 0 radical (unpaired) electrons. The SMILES string of the molecule is COCCCC(N)C(=O)N[C@@H](CC(C)C)C(=O)OC. The molecule has 0 spiro atoms. The average molecular weight is 274 g/mol. The van der Waals surface area contributed by atoms with Crippen LogP contribution in [0.25, 0.3) is 0 Å². The van der Waals surface area contributed by atoms with Gasteiger partial charge in [0, 0.05) is 13.7 Å². The molecule has 6 nitrogen and oxygen atoms in total. The molecule has 0 aliphatic carbocycles. The van der Waals surface area contributed by atoms with Gasteiger partial charge in [-0.3, -0.25) is 4.79 Å². The minimum Gasteiger partial charge on any atom is -0.467 e. The van der Waals surface area contributed by atoms with Gasteiger partial charge in [0.1, 0.15) is 6.04 Å². The molecule has 1 unspecified atom stereocenters. The lowest BCUT2D eigenvalue weighted by Gasteiger charge is -2.20. The van der Waals surface area contributed by atoms with E-state index in [-0.39, 0.29) is 11.8 Å². The minimum absolute atomic E-state index is 0.272. The number of hydrogen-bond acceptors (Lipinski definition) is 5. The van der Waals surface area contributed by atoms with Crippen molar-refractivity contribution >= 4 is 11.9 Å². The third-order valence-corrected chi connectivity index (χ3v) is 2.71. The van der Waals surface area contributed by atoms with Crippen LogP contribution in [0.5, 0.6) is 0 Å². The van der Waals surface area contributed by atoms with E-state index in [0.717, 1.165) is 0 Å². The normalized spacial score (nSPS) is 14.0. The van der Waals surface area contributed by atoms with Gasteiger partial charge in [0.05, 0.1) is 13.2 Å². The van der Waals surface area contributed by atoms with Crippen LogP contribution in [0.2, 0.25) is 0 Å². The molecule has 2 atom stereocenters. The highest BCUT2D eigenvalue weighted by atomic mass is 16.5. The fraction of sp³-hybridized carbons (Fsp3) is 0.846. The first-order valence-corrected chi connectivity index (χ1v) is 6.55. The first-order chi connectivity index (χ1) is 8.92. The van der Waals surface area contributed by atoms with Crippen LogP contribution in [-0.4, -0.2) is 44.8 Å². The number of nitrogens with two attached hydrogens (primary N) is 1. The van der Waals surface area contributed by atoms with Crippen LogP contribution in [-0.2, 0) is 19.1 Å². The third kappa shape index (κ3) is 7.79. The van der Waals surface area contributed by atoms with Crippen LogP contribution < -0.4 is 11.1 Å². The standard InChI is InChI=1S/C13H26N2O4/c1-9(2)8-11(13(17)19-4)15-12(16)10(14)6-5-7-18-3/h9-11H,5-8,14H2,1-4H3,(H,15,16)/t10?,11-/m0/s1. The molecule has 0 aromatic rings. The van der Waals surface area contributed by atoms with E-state index in [1.807, 2.05) is 13.8 Å². The number of hydrogen-bond donors (Lipinski definition) is 2. The number of carbonyl (C=O) groups excluding carboxylic acids is 2. The third-order valence-electron chi connectivity index (χ3n) is 2.71. The Hall–Kier alpha value is -1.14. The molecular formula is C13H26N2O4. The first kappa shape index (κ1) is 17.9. The molecule has 0 aliphatic heterocycles. The molecule has 0 saturated carbocycles. The molecule has 0 rings (SSSR count). The maximum atomic E-state index is 11.9. The lowest BCUT2D eigenvalue weighted by atomic mass is 10.0. The molecule has 0 saturated heterocycles. The summed E-state index contributed by atoms with van der Waals surface area (Å²) in [5, 5.41) is 2.65. The highest BCUT2D eigenvalue weighted by molar-refractivity contribution is 5.87. The van der Waals surface area contributed by atoms with E-state index in [0.29, 0.717) is 25.9 Å². The number of esters is 1. The predicted octanol–water partition coefficient (Wildman–Crippen LogP) is 0.444. The quantitative estimate of drug-likeness (QED) is 0.470. The van der Waals surface area contributed by atoms with Crippen molar-refractivity contribution in [3.05, 3.63) is 0 Å². The molecule has 0 aromatic heterocycles. The van der Waals surface area contributed by atoms with Crippen molar-refractivity contribution in [3.8, 4) is 0 Å². The monoisotopic (exact) mass is 274 g/mol. The molecular weight excluding hydrogens is 248 g/mol. The van der Waals surface area contributed by atoms with E-state index in [2.05, 4.69) is 10.1 Å². The van der Waals surface area contributed by atoms with Crippen molar-refractivity contribution < 1.29 is 19.1 Å². The van der Waals surface area contributed by atoms with Gasteiger partial charge >= 0.3 is 5.97 Å². The summed E-state index contributed by atoms with van der Waals surface area (Å²) in [4.78, 5) is 23.4. The van der Waals surface area contributed by atoms with E-state index >= 15 is 0 Å². The van der Waals surface area contributed by atoms with Crippen LogP contribution in [0, 0.1) is 5.92 Å². The highest BCUT2D eigenvalue weighted by Gasteiger charge is 2.24. The van der Waals surface area contributed by atoms with Crippen LogP contribution in [0.15, 0.2) is 0 Å². The summed E-state index contributed by atoms with van der Waals surface area (Å²) in [5.41, 5.74) is 5.76. The summed E-state index contributed by atoms with van der Waals surface area (Å²) in [6.07, 6.45) is 1.76. The van der Waals surface area contributed by atoms with E-state index in [1.165, 1.54) is 7.11 Å². The highest BCUT2D eigenvalue weighted by Crippen LogP contribution is 2.07. The first-order valence-electron chi connectivity index (χ1n) is 6.55. The van der Waals surface area contributed by atoms with Crippen LogP contribution in [0.3, 0.4) is 0 Å². The smallest absolute Gasteiger partial charge is 0.328 e. The molecule has 0 aliphatic rings. The van der Waals surface area contributed by atoms with Gasteiger partial charge in [0.25, 0.3) is 0 Å². The van der Waals surface area contributed by atoms with Gasteiger partial charge in [-0.15, -0.1) is 0 Å². The largest absolute Gasteiger partial charge is 0.467 e. The molecule has 112 valence electrons. The molecule has 6 heteroatoms. The zero-order valence-corrected chi connectivity index (χ0v) is 12.3. The summed E-state index contributed by atoms with van der Waals surface area (Å²) in [6.45, 7) is 4.51. The van der Waals surface area contributed by atoms with Crippen molar-refractivity contribution in [3.63, 3.8) is 0 Å². The van der Waals surface area contributed by atoms with Gasteiger partial charge in [0.15, 0.2) is 0 Å². The number of nitrogens with one attached hydrogen (secondary N) is 1. The second-order valence-electron chi connectivity index (χ2n) is 4.96. The fourth-order valence-electron chi connectivity index (χ4n) is 1.69. The van der Waals surface area contributed by atoms with Crippen LogP contribution >= 0.6 is 0 Å². The minimum atomic E-state index is -0.633. The zero-order valence-electron chi connectivity index (χ0n) is 12.3. The summed E-state index contributed by atoms with van der Waals surface area (Å²) < 4.78 is 9.58. The van der Waals surface area contributed by atoms with Gasteiger partial charge in [-0.2, -0.15) is 0 Å². The van der Waals surface area contributed by atoms with Crippen molar-refractivity contribution in [1.82, 2.24) is 5.32 Å². The summed E-state index contributed by atoms with van der Waals surface area (Å²) in [5.74, 6) is -0.493. The van der Waals surface area contributed by atoms with Gasteiger partial charge in [-0.1, -0.05) is 13.8 Å². The Labute approximate surface area is 115 Å². The second-order valence-corrected chi connectivity index (χ2v) is 4.96. The van der Waals surface area contributed by atoms with E-state index < -0.39 is 18.1 Å². The maximum Gasteiger partial charge on any atom is 0.328 e. The molecule has 19 heavy (non-hydrogen) atoms. The van der Waals surface area contributed by atoms with Crippen LogP contribution in [0.4, 0.5) is 0 Å². The zero-order chi connectivity index (χ0) is 14.8. The molecule has 3 N–H and O–H groups in total. The van der Waals surface area contributed by atoms with Gasteiger partial charge in [-0.25, -0.2) is 4.79 Å². The molecule has 0 fully saturated rings. The Morgan fingerprint density at radius 2 is 1.89 bits per heavy atom. The van der Waals surface area contributed by atoms with Crippen LogP contribution in [0.1, 0.15) is 33.1 Å². The molecule has 0 aromatic carbocycles. The van der Waals surface area contributed by atoms with Gasteiger partial charge in [-0.05, 0) is 25.2 Å². The number of carbonyl (C=O) groups is 2. The number of ether oxygens (including phenoxy) is 2. The van der Waals surface area contributed by atoms with Gasteiger partial charge in [0.2, 0.25) is 5.91 Å². The second kappa shape index (κ2) is 9.75. The Morgan fingerprint density at radius 3 is 2.37 bits per heavy atom. The summed E-state index contributed by atoms with van der Waals surface area (Å²) in [6, 6.07) is -1.26. The van der Waals surface area contributed by atoms with E-state index in [9.17, 15) is 9.59 Å².